The van der Waals surface area contributed by atoms with Crippen LogP contribution in [0.4, 0.5) is 0 Å². The molecule has 0 aliphatic heterocycles. The van der Waals surface area contributed by atoms with E-state index in [2.05, 4.69) is 29.4 Å². The molecule has 2 heterocycles. The number of hydrogen-bond acceptors (Lipinski definition) is 2. The molecule has 0 radical (unpaired) electrons. The average Bonchev–Trinajstić information content (AvgIpc) is 2.92. The maximum Gasteiger partial charge on any atom is 0.160 e. The molecule has 4 heteroatoms. The smallest absolute Gasteiger partial charge is 0.160 e. The van der Waals surface area contributed by atoms with Crippen molar-refractivity contribution >= 4 is 17.2 Å². The Kier molecular flexibility index (Phi) is 3.15. The summed E-state index contributed by atoms with van der Waals surface area (Å²) in [6, 6.07) is 10.4. The van der Waals surface area contributed by atoms with Crippen LogP contribution in [0.3, 0.4) is 0 Å². The standard InChI is InChI=1S/C17H16ClN3/c18-16-14-8-4-5-9-15(14)20-17-13(11-19-21(16)17)10-12-6-2-1-3-7-12/h1-3,6-7,11H,4-5,8-10H2. The average molecular weight is 298 g/mol. The Morgan fingerprint density at radius 2 is 1.90 bits per heavy atom. The van der Waals surface area contributed by atoms with E-state index in [1.807, 2.05) is 12.3 Å². The number of aryl methyl sites for hydroxylation is 1. The highest BCUT2D eigenvalue weighted by Crippen LogP contribution is 2.28. The predicted molar refractivity (Wildman–Crippen MR) is 83.9 cm³/mol. The van der Waals surface area contributed by atoms with Gasteiger partial charge in [0, 0.05) is 23.2 Å². The molecular formula is C17H16ClN3. The van der Waals surface area contributed by atoms with Gasteiger partial charge in [0.25, 0.3) is 0 Å². The SMILES string of the molecule is Clc1c2c(nc3c(Cc4ccccc4)cnn13)CCCC2. The first-order valence-electron chi connectivity index (χ1n) is 7.41. The van der Waals surface area contributed by atoms with E-state index in [9.17, 15) is 0 Å². The molecule has 0 saturated heterocycles. The quantitative estimate of drug-likeness (QED) is 0.673. The van der Waals surface area contributed by atoms with Gasteiger partial charge < -0.3 is 0 Å². The highest BCUT2D eigenvalue weighted by Gasteiger charge is 2.19. The number of halogens is 1. The zero-order valence-corrected chi connectivity index (χ0v) is 12.5. The first-order valence-corrected chi connectivity index (χ1v) is 7.78. The van der Waals surface area contributed by atoms with E-state index in [0.29, 0.717) is 0 Å². The van der Waals surface area contributed by atoms with Crippen molar-refractivity contribution in [1.29, 1.82) is 0 Å². The Bertz CT molecular complexity index is 793. The van der Waals surface area contributed by atoms with Gasteiger partial charge in [0.1, 0.15) is 5.15 Å². The topological polar surface area (TPSA) is 30.2 Å². The molecule has 0 spiro atoms. The summed E-state index contributed by atoms with van der Waals surface area (Å²) in [6.07, 6.45) is 7.18. The third-order valence-electron chi connectivity index (χ3n) is 4.17. The Morgan fingerprint density at radius 3 is 2.76 bits per heavy atom. The Morgan fingerprint density at radius 1 is 1.10 bits per heavy atom. The molecule has 4 rings (SSSR count). The second-order valence-electron chi connectivity index (χ2n) is 5.60. The van der Waals surface area contributed by atoms with E-state index in [4.69, 9.17) is 16.6 Å². The lowest BCUT2D eigenvalue weighted by molar-refractivity contribution is 0.660. The fraction of sp³-hybridized carbons (Fsp3) is 0.294. The number of nitrogens with zero attached hydrogens (tertiary/aromatic N) is 3. The summed E-state index contributed by atoms with van der Waals surface area (Å²) in [5.74, 6) is 0. The van der Waals surface area contributed by atoms with Crippen molar-refractivity contribution in [3.63, 3.8) is 0 Å². The third-order valence-corrected chi connectivity index (χ3v) is 4.56. The van der Waals surface area contributed by atoms with Crippen LogP contribution in [-0.2, 0) is 19.3 Å². The van der Waals surface area contributed by atoms with Gasteiger partial charge in [0.15, 0.2) is 5.65 Å². The zero-order chi connectivity index (χ0) is 14.2. The lowest BCUT2D eigenvalue weighted by Crippen LogP contribution is -2.10. The van der Waals surface area contributed by atoms with Crippen LogP contribution in [0.25, 0.3) is 5.65 Å². The van der Waals surface area contributed by atoms with Crippen molar-refractivity contribution in [2.45, 2.75) is 32.1 Å². The Hall–Kier alpha value is -1.87. The fourth-order valence-electron chi connectivity index (χ4n) is 3.07. The number of aromatic nitrogens is 3. The molecule has 0 amide bonds. The molecule has 0 fully saturated rings. The van der Waals surface area contributed by atoms with E-state index in [1.54, 1.807) is 4.52 Å². The minimum atomic E-state index is 0.744. The minimum Gasteiger partial charge on any atom is -0.233 e. The summed E-state index contributed by atoms with van der Waals surface area (Å²) >= 11 is 6.54. The minimum absolute atomic E-state index is 0.744. The van der Waals surface area contributed by atoms with Crippen molar-refractivity contribution < 1.29 is 0 Å². The monoisotopic (exact) mass is 297 g/mol. The van der Waals surface area contributed by atoms with Crippen LogP contribution < -0.4 is 0 Å². The molecule has 0 N–H and O–H groups in total. The van der Waals surface area contributed by atoms with E-state index in [-0.39, 0.29) is 0 Å². The lowest BCUT2D eigenvalue weighted by atomic mass is 9.97. The summed E-state index contributed by atoms with van der Waals surface area (Å²) in [7, 11) is 0. The molecule has 0 bridgehead atoms. The van der Waals surface area contributed by atoms with Crippen LogP contribution in [0.5, 0.6) is 0 Å². The maximum absolute atomic E-state index is 6.54. The molecule has 2 aromatic heterocycles. The third kappa shape index (κ3) is 2.22. The van der Waals surface area contributed by atoms with Crippen LogP contribution in [0.2, 0.25) is 5.15 Å². The molecular weight excluding hydrogens is 282 g/mol. The second-order valence-corrected chi connectivity index (χ2v) is 5.96. The summed E-state index contributed by atoms with van der Waals surface area (Å²) in [4.78, 5) is 4.85. The molecule has 106 valence electrons. The van der Waals surface area contributed by atoms with Gasteiger partial charge in [-0.1, -0.05) is 41.9 Å². The van der Waals surface area contributed by atoms with Gasteiger partial charge in [0.05, 0.1) is 6.20 Å². The molecule has 21 heavy (non-hydrogen) atoms. The van der Waals surface area contributed by atoms with Gasteiger partial charge in [-0.25, -0.2) is 9.50 Å². The summed E-state index contributed by atoms with van der Waals surface area (Å²) in [6.45, 7) is 0. The molecule has 1 aromatic carbocycles. The van der Waals surface area contributed by atoms with Gasteiger partial charge >= 0.3 is 0 Å². The fourth-order valence-corrected chi connectivity index (χ4v) is 3.40. The van der Waals surface area contributed by atoms with Gasteiger partial charge in [-0.3, -0.25) is 0 Å². The molecule has 3 aromatic rings. The summed E-state index contributed by atoms with van der Waals surface area (Å²) in [5, 5.41) is 5.19. The van der Waals surface area contributed by atoms with Crippen LogP contribution >= 0.6 is 11.6 Å². The normalized spacial score (nSPS) is 14.3. The molecule has 1 aliphatic carbocycles. The number of rotatable bonds is 2. The molecule has 0 saturated carbocycles. The van der Waals surface area contributed by atoms with Crippen molar-refractivity contribution in [2.24, 2.45) is 0 Å². The van der Waals surface area contributed by atoms with Crippen LogP contribution in [0.15, 0.2) is 36.5 Å². The summed E-state index contributed by atoms with van der Waals surface area (Å²) in [5.41, 5.74) is 5.65. The number of fused-ring (bicyclic) bond motifs is 2. The van der Waals surface area contributed by atoms with Crippen LogP contribution in [0.1, 0.15) is 35.2 Å². The van der Waals surface area contributed by atoms with E-state index < -0.39 is 0 Å². The highest BCUT2D eigenvalue weighted by molar-refractivity contribution is 6.30. The molecule has 0 unspecified atom stereocenters. The first-order chi connectivity index (χ1) is 10.3. The lowest BCUT2D eigenvalue weighted by Gasteiger charge is -2.16. The summed E-state index contributed by atoms with van der Waals surface area (Å²) < 4.78 is 1.80. The maximum atomic E-state index is 6.54. The predicted octanol–water partition coefficient (Wildman–Crippen LogP) is 3.85. The van der Waals surface area contributed by atoms with Crippen LogP contribution in [-0.4, -0.2) is 14.6 Å². The zero-order valence-electron chi connectivity index (χ0n) is 11.7. The molecule has 3 nitrogen and oxygen atoms in total. The highest BCUT2D eigenvalue weighted by atomic mass is 35.5. The van der Waals surface area contributed by atoms with Gasteiger partial charge in [-0.2, -0.15) is 5.10 Å². The first kappa shape index (κ1) is 12.8. The van der Waals surface area contributed by atoms with E-state index in [1.165, 1.54) is 24.0 Å². The van der Waals surface area contributed by atoms with E-state index >= 15 is 0 Å². The van der Waals surface area contributed by atoms with Gasteiger partial charge in [0.2, 0.25) is 0 Å². The Labute approximate surface area is 128 Å². The van der Waals surface area contributed by atoms with Gasteiger partial charge in [-0.05, 0) is 31.2 Å². The van der Waals surface area contributed by atoms with Crippen molar-refractivity contribution in [3.05, 3.63) is 64.1 Å². The van der Waals surface area contributed by atoms with Crippen molar-refractivity contribution in [2.75, 3.05) is 0 Å². The molecule has 1 aliphatic rings. The Balaban J connectivity index is 1.82. The van der Waals surface area contributed by atoms with E-state index in [0.717, 1.165) is 41.3 Å². The second kappa shape index (κ2) is 5.15. The molecule has 0 atom stereocenters. The van der Waals surface area contributed by atoms with Crippen LogP contribution in [0, 0.1) is 0 Å². The van der Waals surface area contributed by atoms with Crippen molar-refractivity contribution in [1.82, 2.24) is 14.6 Å². The number of hydrogen-bond donors (Lipinski definition) is 0. The number of benzene rings is 1. The van der Waals surface area contributed by atoms with Crippen molar-refractivity contribution in [3.8, 4) is 0 Å². The van der Waals surface area contributed by atoms with Gasteiger partial charge in [-0.15, -0.1) is 0 Å². The largest absolute Gasteiger partial charge is 0.233 e.